The van der Waals surface area contributed by atoms with Crippen molar-refractivity contribution in [2.75, 3.05) is 5.01 Å². The summed E-state index contributed by atoms with van der Waals surface area (Å²) in [6.07, 6.45) is -6.16. The Morgan fingerprint density at radius 2 is 1.81 bits per heavy atom. The molecule has 1 amide bonds. The van der Waals surface area contributed by atoms with Crippen molar-refractivity contribution in [1.82, 2.24) is 0 Å². The Labute approximate surface area is 94.6 Å². The second kappa shape index (κ2) is 4.71. The van der Waals surface area contributed by atoms with Crippen LogP contribution in [0.15, 0.2) is 24.3 Å². The Bertz CT molecular complexity index is 377. The number of rotatable bonds is 2. The van der Waals surface area contributed by atoms with Crippen LogP contribution < -0.4 is 10.9 Å². The standard InChI is InChI=1S/C9H8ClF3N2O/c10-6-1-3-7(4-2-6)15(14)8(16)5-9(11,12)13/h1-4H,5,14H2. The summed E-state index contributed by atoms with van der Waals surface area (Å²) in [5.41, 5.74) is 0.152. The Kier molecular flexibility index (Phi) is 3.77. The van der Waals surface area contributed by atoms with Gasteiger partial charge in [0.15, 0.2) is 0 Å². The van der Waals surface area contributed by atoms with Crippen molar-refractivity contribution in [3.8, 4) is 0 Å². The maximum Gasteiger partial charge on any atom is 0.397 e. The number of halogens is 4. The number of benzene rings is 1. The van der Waals surface area contributed by atoms with E-state index >= 15 is 0 Å². The van der Waals surface area contributed by atoms with Crippen LogP contribution >= 0.6 is 11.6 Å². The zero-order valence-electron chi connectivity index (χ0n) is 7.96. The third-order valence-corrected chi connectivity index (χ3v) is 1.98. The monoisotopic (exact) mass is 252 g/mol. The third-order valence-electron chi connectivity index (χ3n) is 1.73. The van der Waals surface area contributed by atoms with Gasteiger partial charge in [-0.15, -0.1) is 0 Å². The Balaban J connectivity index is 2.74. The van der Waals surface area contributed by atoms with Gasteiger partial charge in [-0.25, -0.2) is 10.9 Å². The first-order valence-corrected chi connectivity index (χ1v) is 4.57. The van der Waals surface area contributed by atoms with Gasteiger partial charge in [-0.05, 0) is 24.3 Å². The Morgan fingerprint density at radius 3 is 2.25 bits per heavy atom. The molecule has 0 aromatic heterocycles. The lowest BCUT2D eigenvalue weighted by Gasteiger charge is -2.17. The second-order valence-corrected chi connectivity index (χ2v) is 3.47. The molecular weight excluding hydrogens is 245 g/mol. The molecule has 2 N–H and O–H groups in total. The van der Waals surface area contributed by atoms with Crippen LogP contribution in [-0.2, 0) is 4.79 Å². The fourth-order valence-corrected chi connectivity index (χ4v) is 1.13. The van der Waals surface area contributed by atoms with Gasteiger partial charge < -0.3 is 0 Å². The van der Waals surface area contributed by atoms with Crippen LogP contribution in [0, 0.1) is 0 Å². The maximum atomic E-state index is 11.9. The summed E-state index contributed by atoms with van der Waals surface area (Å²) < 4.78 is 35.8. The van der Waals surface area contributed by atoms with Gasteiger partial charge in [0, 0.05) is 5.02 Å². The van der Waals surface area contributed by atoms with Gasteiger partial charge in [0.05, 0.1) is 5.69 Å². The van der Waals surface area contributed by atoms with Crippen LogP contribution in [0.2, 0.25) is 5.02 Å². The molecule has 0 spiro atoms. The first-order chi connectivity index (χ1) is 7.29. The number of nitrogens with two attached hydrogens (primary N) is 1. The summed E-state index contributed by atoms with van der Waals surface area (Å²) in [4.78, 5) is 11.1. The van der Waals surface area contributed by atoms with Crippen molar-refractivity contribution in [3.05, 3.63) is 29.3 Å². The summed E-state index contributed by atoms with van der Waals surface area (Å²) in [5.74, 6) is 4.01. The SMILES string of the molecule is NN(C(=O)CC(F)(F)F)c1ccc(Cl)cc1. The second-order valence-electron chi connectivity index (χ2n) is 3.03. The molecule has 0 bridgehead atoms. The molecule has 0 saturated carbocycles. The molecule has 0 fully saturated rings. The van der Waals surface area contributed by atoms with Crippen LogP contribution in [0.3, 0.4) is 0 Å². The molecule has 16 heavy (non-hydrogen) atoms. The third kappa shape index (κ3) is 3.71. The average Bonchev–Trinajstić information content (AvgIpc) is 2.15. The normalized spacial score (nSPS) is 11.3. The van der Waals surface area contributed by atoms with E-state index in [0.717, 1.165) is 0 Å². The van der Waals surface area contributed by atoms with E-state index in [0.29, 0.717) is 10.0 Å². The number of nitrogens with zero attached hydrogens (tertiary/aromatic N) is 1. The Morgan fingerprint density at radius 1 is 1.31 bits per heavy atom. The molecule has 3 nitrogen and oxygen atoms in total. The molecule has 1 rings (SSSR count). The van der Waals surface area contributed by atoms with Crippen molar-refractivity contribution in [3.63, 3.8) is 0 Å². The van der Waals surface area contributed by atoms with Gasteiger partial charge in [0.2, 0.25) is 5.91 Å². The highest BCUT2D eigenvalue weighted by Crippen LogP contribution is 2.22. The molecule has 0 heterocycles. The number of carbonyl (C=O) groups excluding carboxylic acids is 1. The summed E-state index contributed by atoms with van der Waals surface area (Å²) in [7, 11) is 0. The molecule has 0 unspecified atom stereocenters. The van der Waals surface area contributed by atoms with Crippen LogP contribution in [0.5, 0.6) is 0 Å². The molecule has 1 aromatic rings. The van der Waals surface area contributed by atoms with E-state index in [2.05, 4.69) is 0 Å². The first kappa shape index (κ1) is 12.8. The molecule has 88 valence electrons. The lowest BCUT2D eigenvalue weighted by Crippen LogP contribution is -2.39. The quantitative estimate of drug-likeness (QED) is 0.499. The van der Waals surface area contributed by atoms with E-state index < -0.39 is 18.5 Å². The average molecular weight is 253 g/mol. The van der Waals surface area contributed by atoms with E-state index in [9.17, 15) is 18.0 Å². The number of hydrazine groups is 1. The zero-order chi connectivity index (χ0) is 12.3. The zero-order valence-corrected chi connectivity index (χ0v) is 8.72. The highest BCUT2D eigenvalue weighted by Gasteiger charge is 2.33. The molecule has 0 saturated heterocycles. The smallest absolute Gasteiger partial charge is 0.273 e. The van der Waals surface area contributed by atoms with Crippen molar-refractivity contribution in [2.24, 2.45) is 5.84 Å². The molecule has 0 radical (unpaired) electrons. The number of amides is 1. The van der Waals surface area contributed by atoms with Crippen molar-refractivity contribution >= 4 is 23.2 Å². The van der Waals surface area contributed by atoms with E-state index in [1.54, 1.807) is 0 Å². The summed E-state index contributed by atoms with van der Waals surface area (Å²) in [6.45, 7) is 0. The topological polar surface area (TPSA) is 46.3 Å². The van der Waals surface area contributed by atoms with Gasteiger partial charge in [0.25, 0.3) is 0 Å². The Hall–Kier alpha value is -1.27. The minimum absolute atomic E-state index is 0.152. The molecule has 0 aliphatic carbocycles. The van der Waals surface area contributed by atoms with Crippen molar-refractivity contribution in [2.45, 2.75) is 12.6 Å². The number of carbonyl (C=O) groups is 1. The first-order valence-electron chi connectivity index (χ1n) is 4.19. The number of anilines is 1. The van der Waals surface area contributed by atoms with Crippen molar-refractivity contribution in [1.29, 1.82) is 0 Å². The van der Waals surface area contributed by atoms with E-state index in [-0.39, 0.29) is 5.69 Å². The molecule has 0 aliphatic heterocycles. The molecule has 1 aromatic carbocycles. The molecular formula is C9H8ClF3N2O. The molecule has 7 heteroatoms. The van der Waals surface area contributed by atoms with E-state index in [1.807, 2.05) is 0 Å². The lowest BCUT2D eigenvalue weighted by atomic mass is 10.3. The minimum Gasteiger partial charge on any atom is -0.273 e. The van der Waals surface area contributed by atoms with Gasteiger partial charge in [-0.3, -0.25) is 4.79 Å². The highest BCUT2D eigenvalue weighted by atomic mass is 35.5. The van der Waals surface area contributed by atoms with Gasteiger partial charge >= 0.3 is 6.18 Å². The van der Waals surface area contributed by atoms with Crippen molar-refractivity contribution < 1.29 is 18.0 Å². The van der Waals surface area contributed by atoms with E-state index in [1.165, 1.54) is 24.3 Å². The molecule has 0 atom stereocenters. The van der Waals surface area contributed by atoms with Crippen LogP contribution in [0.1, 0.15) is 6.42 Å². The van der Waals surface area contributed by atoms with Crippen LogP contribution in [0.4, 0.5) is 18.9 Å². The van der Waals surface area contributed by atoms with Gasteiger partial charge in [-0.2, -0.15) is 13.2 Å². The summed E-state index contributed by atoms with van der Waals surface area (Å²) >= 11 is 5.58. The fraction of sp³-hybridized carbons (Fsp3) is 0.222. The van der Waals surface area contributed by atoms with Gasteiger partial charge in [-0.1, -0.05) is 11.6 Å². The van der Waals surface area contributed by atoms with Gasteiger partial charge in [0.1, 0.15) is 6.42 Å². The number of hydrogen-bond donors (Lipinski definition) is 1. The van der Waals surface area contributed by atoms with Crippen LogP contribution in [-0.4, -0.2) is 12.1 Å². The predicted molar refractivity (Wildman–Crippen MR) is 53.8 cm³/mol. The summed E-state index contributed by atoms with van der Waals surface area (Å²) in [6, 6.07) is 5.57. The van der Waals surface area contributed by atoms with E-state index in [4.69, 9.17) is 17.4 Å². The largest absolute Gasteiger partial charge is 0.397 e. The fourth-order valence-electron chi connectivity index (χ4n) is 1.00. The number of alkyl halides is 3. The minimum atomic E-state index is -4.57. The number of hydrogen-bond acceptors (Lipinski definition) is 2. The van der Waals surface area contributed by atoms with Crippen LogP contribution in [0.25, 0.3) is 0 Å². The highest BCUT2D eigenvalue weighted by molar-refractivity contribution is 6.30. The maximum absolute atomic E-state index is 11.9. The molecule has 0 aliphatic rings. The lowest BCUT2D eigenvalue weighted by molar-refractivity contribution is -0.151. The summed E-state index contributed by atoms with van der Waals surface area (Å²) in [5, 5.41) is 0.851. The predicted octanol–water partition coefficient (Wildman–Crippen LogP) is 2.50.